The van der Waals surface area contributed by atoms with Crippen LogP contribution in [-0.4, -0.2) is 25.3 Å². The number of aromatic nitrogens is 4. The molecule has 30 heavy (non-hydrogen) atoms. The predicted molar refractivity (Wildman–Crippen MR) is 118 cm³/mol. The first kappa shape index (κ1) is 18.4. The maximum atomic E-state index is 12.5. The number of amides is 1. The van der Waals surface area contributed by atoms with E-state index in [9.17, 15) is 4.79 Å². The normalized spacial score (nSPS) is 11.2. The Labute approximate surface area is 177 Å². The summed E-state index contributed by atoms with van der Waals surface area (Å²) in [7, 11) is 0. The molecule has 2 N–H and O–H groups in total. The van der Waals surface area contributed by atoms with Gasteiger partial charge in [-0.15, -0.1) is 11.8 Å². The quantitative estimate of drug-likeness (QED) is 0.404. The van der Waals surface area contributed by atoms with Gasteiger partial charge in [0.2, 0.25) is 0 Å². The zero-order valence-electron chi connectivity index (χ0n) is 16.1. The highest BCUT2D eigenvalue weighted by atomic mass is 32.2. The summed E-state index contributed by atoms with van der Waals surface area (Å²) in [4.78, 5) is 25.9. The third kappa shape index (κ3) is 3.92. The van der Waals surface area contributed by atoms with Crippen LogP contribution in [0.1, 0.15) is 21.9 Å². The number of aromatic amines is 1. The molecule has 0 bridgehead atoms. The Bertz CT molecular complexity index is 1260. The van der Waals surface area contributed by atoms with Crippen LogP contribution in [0.5, 0.6) is 0 Å². The van der Waals surface area contributed by atoms with Gasteiger partial charge < -0.3 is 14.7 Å². The maximum absolute atomic E-state index is 12.5. The molecule has 0 radical (unpaired) electrons. The van der Waals surface area contributed by atoms with Crippen LogP contribution in [0, 0.1) is 0 Å². The van der Waals surface area contributed by atoms with E-state index < -0.39 is 0 Å². The van der Waals surface area contributed by atoms with Crippen LogP contribution in [0.15, 0.2) is 84.0 Å². The number of hydrogen-bond acceptors (Lipinski definition) is 4. The number of pyridine rings is 1. The smallest absolute Gasteiger partial charge is 0.251 e. The van der Waals surface area contributed by atoms with Crippen molar-refractivity contribution in [1.29, 1.82) is 0 Å². The SMILES string of the molecule is O=C(NCc1nc2ccccc2[nH]1)c1ccc(SCc2cn3ccccc3n2)cc1. The number of fused-ring (bicyclic) bond motifs is 2. The number of carbonyl (C=O) groups is 1. The number of hydrogen-bond donors (Lipinski definition) is 2. The lowest BCUT2D eigenvalue weighted by Gasteiger charge is -2.05. The first-order valence-electron chi connectivity index (χ1n) is 9.62. The number of benzene rings is 2. The number of nitrogens with zero attached hydrogens (tertiary/aromatic N) is 3. The fourth-order valence-corrected chi connectivity index (χ4v) is 4.05. The van der Waals surface area contributed by atoms with E-state index in [1.54, 1.807) is 11.8 Å². The van der Waals surface area contributed by atoms with E-state index in [2.05, 4.69) is 20.3 Å². The highest BCUT2D eigenvalue weighted by molar-refractivity contribution is 7.98. The summed E-state index contributed by atoms with van der Waals surface area (Å²) in [5.41, 5.74) is 4.47. The van der Waals surface area contributed by atoms with Gasteiger partial charge in [0.15, 0.2) is 0 Å². The molecule has 0 atom stereocenters. The highest BCUT2D eigenvalue weighted by Gasteiger charge is 2.08. The molecule has 6 nitrogen and oxygen atoms in total. The molecule has 0 unspecified atom stereocenters. The lowest BCUT2D eigenvalue weighted by Crippen LogP contribution is -2.23. The van der Waals surface area contributed by atoms with E-state index in [4.69, 9.17) is 0 Å². The van der Waals surface area contributed by atoms with Crippen LogP contribution < -0.4 is 5.32 Å². The second-order valence-electron chi connectivity index (χ2n) is 6.89. The van der Waals surface area contributed by atoms with Crippen LogP contribution >= 0.6 is 11.8 Å². The largest absolute Gasteiger partial charge is 0.345 e. The topological polar surface area (TPSA) is 75.1 Å². The van der Waals surface area contributed by atoms with Crippen LogP contribution in [-0.2, 0) is 12.3 Å². The fraction of sp³-hybridized carbons (Fsp3) is 0.0870. The molecule has 0 fully saturated rings. The molecule has 5 aromatic rings. The number of carbonyl (C=O) groups excluding carboxylic acids is 1. The molecule has 3 heterocycles. The van der Waals surface area contributed by atoms with Crippen molar-refractivity contribution in [1.82, 2.24) is 24.7 Å². The van der Waals surface area contributed by atoms with Gasteiger partial charge >= 0.3 is 0 Å². The summed E-state index contributed by atoms with van der Waals surface area (Å²) in [6.45, 7) is 0.359. The van der Waals surface area contributed by atoms with E-state index in [1.807, 2.05) is 83.5 Å². The van der Waals surface area contributed by atoms with Gasteiger partial charge in [-0.25, -0.2) is 9.97 Å². The summed E-state index contributed by atoms with van der Waals surface area (Å²) < 4.78 is 2.02. The van der Waals surface area contributed by atoms with E-state index in [-0.39, 0.29) is 5.91 Å². The highest BCUT2D eigenvalue weighted by Crippen LogP contribution is 2.23. The van der Waals surface area contributed by atoms with Crippen molar-refractivity contribution in [3.05, 3.63) is 96.2 Å². The van der Waals surface area contributed by atoms with Crippen molar-refractivity contribution in [2.24, 2.45) is 0 Å². The molecule has 3 aromatic heterocycles. The first-order valence-corrected chi connectivity index (χ1v) is 10.6. The average Bonchev–Trinajstić information content (AvgIpc) is 3.39. The molecular weight excluding hydrogens is 394 g/mol. The van der Waals surface area contributed by atoms with Crippen LogP contribution in [0.3, 0.4) is 0 Å². The van der Waals surface area contributed by atoms with Gasteiger partial charge in [-0.1, -0.05) is 18.2 Å². The summed E-state index contributed by atoms with van der Waals surface area (Å²) >= 11 is 1.70. The summed E-state index contributed by atoms with van der Waals surface area (Å²) in [6.07, 6.45) is 4.04. The first-order chi connectivity index (χ1) is 14.7. The minimum absolute atomic E-state index is 0.118. The van der Waals surface area contributed by atoms with Crippen molar-refractivity contribution in [2.45, 2.75) is 17.2 Å². The van der Waals surface area contributed by atoms with Crippen LogP contribution in [0.4, 0.5) is 0 Å². The lowest BCUT2D eigenvalue weighted by molar-refractivity contribution is 0.0950. The predicted octanol–water partition coefficient (Wildman–Crippen LogP) is 4.43. The Morgan fingerprint density at radius 2 is 1.83 bits per heavy atom. The lowest BCUT2D eigenvalue weighted by atomic mass is 10.2. The second-order valence-corrected chi connectivity index (χ2v) is 7.94. The minimum atomic E-state index is -0.118. The number of thioether (sulfide) groups is 1. The average molecular weight is 414 g/mol. The van der Waals surface area contributed by atoms with E-state index in [0.717, 1.165) is 38.8 Å². The van der Waals surface area contributed by atoms with Gasteiger partial charge in [-0.05, 0) is 48.5 Å². The molecule has 0 aliphatic heterocycles. The standard InChI is InChI=1S/C23H19N5OS/c29-23(24-13-21-26-19-5-1-2-6-20(19)27-21)16-8-10-18(11-9-16)30-15-17-14-28-12-4-3-7-22(28)25-17/h1-12,14H,13,15H2,(H,24,29)(H,26,27). The Balaban J connectivity index is 1.18. The van der Waals surface area contributed by atoms with Gasteiger partial charge in [-0.2, -0.15) is 0 Å². The second kappa shape index (κ2) is 8.04. The molecular formula is C23H19N5OS. The van der Waals surface area contributed by atoms with Gasteiger partial charge in [-0.3, -0.25) is 4.79 Å². The molecule has 7 heteroatoms. The third-order valence-electron chi connectivity index (χ3n) is 4.77. The van der Waals surface area contributed by atoms with Crippen molar-refractivity contribution in [3.8, 4) is 0 Å². The minimum Gasteiger partial charge on any atom is -0.345 e. The zero-order chi connectivity index (χ0) is 20.3. The van der Waals surface area contributed by atoms with Crippen molar-refractivity contribution < 1.29 is 4.79 Å². The zero-order valence-corrected chi connectivity index (χ0v) is 16.9. The number of nitrogens with one attached hydrogen (secondary N) is 2. The Kier molecular flexibility index (Phi) is 4.94. The van der Waals surface area contributed by atoms with Gasteiger partial charge in [0.25, 0.3) is 5.91 Å². The monoisotopic (exact) mass is 413 g/mol. The maximum Gasteiger partial charge on any atom is 0.251 e. The summed E-state index contributed by atoms with van der Waals surface area (Å²) in [6, 6.07) is 21.4. The summed E-state index contributed by atoms with van der Waals surface area (Å²) in [5.74, 6) is 1.40. The molecule has 0 aliphatic rings. The number of H-pyrrole nitrogens is 1. The van der Waals surface area contributed by atoms with Gasteiger partial charge in [0.05, 0.1) is 23.3 Å². The number of rotatable bonds is 6. The molecule has 0 saturated carbocycles. The van der Waals surface area contributed by atoms with Crippen LogP contribution in [0.25, 0.3) is 16.7 Å². The van der Waals surface area contributed by atoms with Crippen molar-refractivity contribution in [2.75, 3.05) is 0 Å². The Morgan fingerprint density at radius 1 is 1.00 bits per heavy atom. The number of para-hydroxylation sites is 2. The molecule has 0 aliphatic carbocycles. The Morgan fingerprint density at radius 3 is 2.67 bits per heavy atom. The van der Waals surface area contributed by atoms with E-state index >= 15 is 0 Å². The molecule has 2 aromatic carbocycles. The van der Waals surface area contributed by atoms with Crippen LogP contribution in [0.2, 0.25) is 0 Å². The van der Waals surface area contributed by atoms with Crippen molar-refractivity contribution >= 4 is 34.3 Å². The fourth-order valence-electron chi connectivity index (χ4n) is 3.27. The molecule has 0 saturated heterocycles. The molecule has 148 valence electrons. The van der Waals surface area contributed by atoms with Gasteiger partial charge in [0, 0.05) is 28.6 Å². The van der Waals surface area contributed by atoms with E-state index in [1.165, 1.54) is 0 Å². The molecule has 5 rings (SSSR count). The Hall–Kier alpha value is -3.58. The third-order valence-corrected chi connectivity index (χ3v) is 5.82. The summed E-state index contributed by atoms with van der Waals surface area (Å²) in [5, 5.41) is 2.92. The van der Waals surface area contributed by atoms with E-state index in [0.29, 0.717) is 12.1 Å². The van der Waals surface area contributed by atoms with Crippen molar-refractivity contribution in [3.63, 3.8) is 0 Å². The molecule has 0 spiro atoms. The number of imidazole rings is 2. The van der Waals surface area contributed by atoms with Gasteiger partial charge in [0.1, 0.15) is 11.5 Å². The molecule has 1 amide bonds.